The Morgan fingerprint density at radius 1 is 1.10 bits per heavy atom. The summed E-state index contributed by atoms with van der Waals surface area (Å²) in [5.74, 6) is -0.210. The third-order valence-corrected chi connectivity index (χ3v) is 8.59. The van der Waals surface area contributed by atoms with Gasteiger partial charge in [0.2, 0.25) is 5.91 Å². The number of aromatic nitrogens is 1. The second kappa shape index (κ2) is 13.7. The highest BCUT2D eigenvalue weighted by Crippen LogP contribution is 2.35. The normalized spacial score (nSPS) is 18.6. The highest BCUT2D eigenvalue weighted by atomic mass is 32.2. The Morgan fingerprint density at radius 2 is 1.83 bits per heavy atom. The topological polar surface area (TPSA) is 127 Å². The predicted octanol–water partition coefficient (Wildman–Crippen LogP) is 5.44. The Kier molecular flexibility index (Phi) is 10.3. The van der Waals surface area contributed by atoms with Crippen molar-refractivity contribution in [2.75, 3.05) is 17.7 Å². The van der Waals surface area contributed by atoms with Gasteiger partial charge in [0.05, 0.1) is 17.7 Å². The summed E-state index contributed by atoms with van der Waals surface area (Å²) >= 11 is 2.83. The molecule has 2 heterocycles. The van der Waals surface area contributed by atoms with E-state index in [2.05, 4.69) is 15.6 Å². The van der Waals surface area contributed by atoms with Crippen LogP contribution in [-0.2, 0) is 19.1 Å². The number of rotatable bonds is 11. The number of unbranched alkanes of at least 4 members (excludes halogenated alkanes) is 1. The highest BCUT2D eigenvalue weighted by molar-refractivity contribution is 8.00. The lowest BCUT2D eigenvalue weighted by Gasteiger charge is -2.31. The number of amides is 3. The van der Waals surface area contributed by atoms with Crippen LogP contribution < -0.4 is 10.6 Å². The fourth-order valence-electron chi connectivity index (χ4n) is 4.31. The van der Waals surface area contributed by atoms with Gasteiger partial charge in [-0.3, -0.25) is 19.3 Å². The largest absolute Gasteiger partial charge is 0.466 e. The van der Waals surface area contributed by atoms with Crippen LogP contribution in [0.4, 0.5) is 9.93 Å². The monoisotopic (exact) mass is 602 g/mol. The van der Waals surface area contributed by atoms with Crippen molar-refractivity contribution in [3.05, 3.63) is 35.2 Å². The molecule has 2 aromatic rings. The van der Waals surface area contributed by atoms with Crippen molar-refractivity contribution < 1.29 is 28.7 Å². The molecule has 0 bridgehead atoms. The summed E-state index contributed by atoms with van der Waals surface area (Å²) in [6, 6.07) is 6.79. The summed E-state index contributed by atoms with van der Waals surface area (Å²) in [5.41, 5.74) is 1.40. The van der Waals surface area contributed by atoms with Gasteiger partial charge in [-0.2, -0.15) is 0 Å². The van der Waals surface area contributed by atoms with Gasteiger partial charge in [0.25, 0.3) is 5.91 Å². The number of thioether (sulfide) groups is 1. The molecule has 2 aliphatic rings. The van der Waals surface area contributed by atoms with Crippen LogP contribution in [0.1, 0.15) is 76.6 Å². The standard InChI is InChI=1S/C29H38N4O6S2/c1-5-38-24(34)9-7-6-8-23-33(28(37)39-29(2,3)4)22(17-40-23)26(36)32-27-31-21(16-41-27)18-10-12-19(13-11-18)25(35)30-20-14-15-20/h10-13,16,20,22-23H,5-9,14-15,17H2,1-4H3,(H,30,35)(H,31,32,36)/t22-,23?/m0/s1. The van der Waals surface area contributed by atoms with Crippen LogP contribution in [0.25, 0.3) is 11.3 Å². The number of thiazole rings is 1. The molecule has 1 aromatic carbocycles. The first-order chi connectivity index (χ1) is 19.5. The molecule has 41 heavy (non-hydrogen) atoms. The average Bonchev–Trinajstić information content (AvgIpc) is 3.42. The quantitative estimate of drug-likeness (QED) is 0.257. The van der Waals surface area contributed by atoms with E-state index in [0.29, 0.717) is 60.5 Å². The van der Waals surface area contributed by atoms with Crippen molar-refractivity contribution in [2.45, 2.75) is 89.3 Å². The summed E-state index contributed by atoms with van der Waals surface area (Å²) in [7, 11) is 0. The molecule has 1 saturated heterocycles. The van der Waals surface area contributed by atoms with Crippen LogP contribution in [0.15, 0.2) is 29.6 Å². The van der Waals surface area contributed by atoms with Crippen molar-refractivity contribution in [3.8, 4) is 11.3 Å². The van der Waals surface area contributed by atoms with Gasteiger partial charge in [-0.05, 0) is 71.9 Å². The van der Waals surface area contributed by atoms with Gasteiger partial charge in [0, 0.05) is 34.7 Å². The van der Waals surface area contributed by atoms with Gasteiger partial charge in [0.1, 0.15) is 11.6 Å². The molecule has 3 amide bonds. The van der Waals surface area contributed by atoms with E-state index in [1.54, 1.807) is 39.8 Å². The summed E-state index contributed by atoms with van der Waals surface area (Å²) in [5, 5.41) is 7.87. The molecule has 2 atom stereocenters. The van der Waals surface area contributed by atoms with Crippen molar-refractivity contribution in [3.63, 3.8) is 0 Å². The van der Waals surface area contributed by atoms with Crippen LogP contribution in [0.2, 0.25) is 0 Å². The smallest absolute Gasteiger partial charge is 0.411 e. The zero-order valence-corrected chi connectivity index (χ0v) is 25.6. The summed E-state index contributed by atoms with van der Waals surface area (Å²) in [6.07, 6.45) is 3.83. The number of anilines is 1. The van der Waals surface area contributed by atoms with Crippen LogP contribution in [0, 0.1) is 0 Å². The number of hydrogen-bond donors (Lipinski definition) is 2. The van der Waals surface area contributed by atoms with Crippen molar-refractivity contribution in [2.24, 2.45) is 0 Å². The average molecular weight is 603 g/mol. The molecule has 2 fully saturated rings. The van der Waals surface area contributed by atoms with E-state index in [0.717, 1.165) is 18.4 Å². The SMILES string of the molecule is CCOC(=O)CCCCC1SC[C@@H](C(=O)Nc2nc(-c3ccc(C(=O)NC4CC4)cc3)cs2)N1C(=O)OC(C)(C)C. The van der Waals surface area contributed by atoms with Crippen LogP contribution in [0.3, 0.4) is 0 Å². The molecule has 1 saturated carbocycles. The van der Waals surface area contributed by atoms with E-state index in [4.69, 9.17) is 9.47 Å². The lowest BCUT2D eigenvalue weighted by molar-refractivity contribution is -0.143. The Hall–Kier alpha value is -3.12. The number of carbonyl (C=O) groups excluding carboxylic acids is 4. The van der Waals surface area contributed by atoms with Gasteiger partial charge in [-0.1, -0.05) is 12.1 Å². The Morgan fingerprint density at radius 3 is 2.49 bits per heavy atom. The van der Waals surface area contributed by atoms with E-state index in [1.807, 2.05) is 17.5 Å². The first-order valence-electron chi connectivity index (χ1n) is 14.0. The molecule has 2 N–H and O–H groups in total. The third-order valence-electron chi connectivity index (χ3n) is 6.48. The molecule has 0 radical (unpaired) electrons. The van der Waals surface area contributed by atoms with Gasteiger partial charge in [0.15, 0.2) is 5.13 Å². The van der Waals surface area contributed by atoms with Gasteiger partial charge < -0.3 is 20.1 Å². The number of esters is 1. The van der Waals surface area contributed by atoms with E-state index in [1.165, 1.54) is 28.0 Å². The minimum Gasteiger partial charge on any atom is -0.466 e. The first-order valence-corrected chi connectivity index (χ1v) is 15.9. The minimum atomic E-state index is -0.721. The zero-order valence-electron chi connectivity index (χ0n) is 23.9. The molecule has 4 rings (SSSR count). The Balaban J connectivity index is 1.38. The number of carbonyl (C=O) groups is 4. The fraction of sp³-hybridized carbons (Fsp3) is 0.552. The van der Waals surface area contributed by atoms with Gasteiger partial charge in [-0.15, -0.1) is 23.1 Å². The van der Waals surface area contributed by atoms with Gasteiger partial charge >= 0.3 is 12.1 Å². The van der Waals surface area contributed by atoms with Crippen molar-refractivity contribution in [1.82, 2.24) is 15.2 Å². The summed E-state index contributed by atoms with van der Waals surface area (Å²) in [4.78, 5) is 56.6. The van der Waals surface area contributed by atoms with E-state index in [-0.39, 0.29) is 23.2 Å². The third kappa shape index (κ3) is 8.93. The molecule has 0 spiro atoms. The van der Waals surface area contributed by atoms with E-state index < -0.39 is 17.7 Å². The minimum absolute atomic E-state index is 0.0773. The fourth-order valence-corrected chi connectivity index (χ4v) is 6.48. The first kappa shape index (κ1) is 30.8. The Bertz CT molecular complexity index is 1240. The molecular formula is C29H38N4O6S2. The Labute approximate surface area is 248 Å². The van der Waals surface area contributed by atoms with E-state index >= 15 is 0 Å². The number of ether oxygens (including phenoxy) is 2. The second-order valence-corrected chi connectivity index (χ2v) is 13.2. The second-order valence-electron chi connectivity index (χ2n) is 11.1. The molecule has 1 unspecified atom stereocenters. The lowest BCUT2D eigenvalue weighted by atomic mass is 10.1. The van der Waals surface area contributed by atoms with Crippen LogP contribution in [-0.4, -0.2) is 69.2 Å². The molecule has 12 heteroatoms. The van der Waals surface area contributed by atoms with Gasteiger partial charge in [-0.25, -0.2) is 9.78 Å². The molecule has 1 aliphatic heterocycles. The maximum Gasteiger partial charge on any atom is 0.411 e. The maximum atomic E-state index is 13.4. The summed E-state index contributed by atoms with van der Waals surface area (Å²) < 4.78 is 10.6. The number of hydrogen-bond acceptors (Lipinski definition) is 9. The highest BCUT2D eigenvalue weighted by Gasteiger charge is 2.43. The molecule has 1 aliphatic carbocycles. The number of benzene rings is 1. The molecule has 1 aromatic heterocycles. The molecule has 222 valence electrons. The lowest BCUT2D eigenvalue weighted by Crippen LogP contribution is -2.49. The molecule has 10 nitrogen and oxygen atoms in total. The maximum absolute atomic E-state index is 13.4. The number of nitrogens with zero attached hydrogens (tertiary/aromatic N) is 2. The summed E-state index contributed by atoms with van der Waals surface area (Å²) in [6.45, 7) is 7.51. The number of nitrogens with one attached hydrogen (secondary N) is 2. The van der Waals surface area contributed by atoms with Crippen molar-refractivity contribution in [1.29, 1.82) is 0 Å². The van der Waals surface area contributed by atoms with Crippen molar-refractivity contribution >= 4 is 52.1 Å². The van der Waals surface area contributed by atoms with Crippen LogP contribution in [0.5, 0.6) is 0 Å². The zero-order chi connectivity index (χ0) is 29.6. The predicted molar refractivity (Wildman–Crippen MR) is 160 cm³/mol. The van der Waals surface area contributed by atoms with E-state index in [9.17, 15) is 19.2 Å². The molecular weight excluding hydrogens is 564 g/mol. The van der Waals surface area contributed by atoms with Crippen LogP contribution >= 0.6 is 23.1 Å².